The molecule has 0 aliphatic rings. The second kappa shape index (κ2) is 5.79. The third-order valence-electron chi connectivity index (χ3n) is 2.69. The Bertz CT molecular complexity index is 684. The van der Waals surface area contributed by atoms with Crippen molar-refractivity contribution < 1.29 is 13.2 Å². The first-order valence-electron chi connectivity index (χ1n) is 5.85. The van der Waals surface area contributed by atoms with Gasteiger partial charge in [0.25, 0.3) is 10.0 Å². The Labute approximate surface area is 117 Å². The van der Waals surface area contributed by atoms with E-state index in [2.05, 4.69) is 15.0 Å². The van der Waals surface area contributed by atoms with Gasteiger partial charge in [-0.3, -0.25) is 9.71 Å². The van der Waals surface area contributed by atoms with Crippen molar-refractivity contribution in [1.82, 2.24) is 4.98 Å². The van der Waals surface area contributed by atoms with E-state index < -0.39 is 10.0 Å². The van der Waals surface area contributed by atoms with Gasteiger partial charge in [-0.15, -0.1) is 0 Å². The molecule has 0 fully saturated rings. The summed E-state index contributed by atoms with van der Waals surface area (Å²) in [5, 5.41) is 2.83. The molecule has 1 heterocycles. The SMILES string of the molecule is CNc1ccncc1S(=O)(=O)Nc1ccc(OC)cc1. The van der Waals surface area contributed by atoms with Crippen LogP contribution in [-0.4, -0.2) is 27.6 Å². The number of nitrogens with one attached hydrogen (secondary N) is 2. The molecule has 6 nitrogen and oxygen atoms in total. The number of anilines is 2. The van der Waals surface area contributed by atoms with Crippen LogP contribution in [0.25, 0.3) is 0 Å². The minimum atomic E-state index is -3.69. The van der Waals surface area contributed by atoms with Crippen LogP contribution in [0.5, 0.6) is 5.75 Å². The Balaban J connectivity index is 2.30. The van der Waals surface area contributed by atoms with E-state index in [1.165, 1.54) is 12.4 Å². The smallest absolute Gasteiger partial charge is 0.265 e. The van der Waals surface area contributed by atoms with Crippen LogP contribution in [0.4, 0.5) is 11.4 Å². The predicted octanol–water partition coefficient (Wildman–Crippen LogP) is 1.93. The Kier molecular flexibility index (Phi) is 4.09. The first kappa shape index (κ1) is 14.1. The molecule has 0 saturated carbocycles. The molecule has 0 aliphatic carbocycles. The topological polar surface area (TPSA) is 80.3 Å². The maximum Gasteiger partial charge on any atom is 0.265 e. The average molecular weight is 293 g/mol. The van der Waals surface area contributed by atoms with E-state index >= 15 is 0 Å². The number of hydrogen-bond acceptors (Lipinski definition) is 5. The Morgan fingerprint density at radius 2 is 1.85 bits per heavy atom. The summed E-state index contributed by atoms with van der Waals surface area (Å²) in [7, 11) is -0.487. The van der Waals surface area contributed by atoms with Gasteiger partial charge in [0.2, 0.25) is 0 Å². The van der Waals surface area contributed by atoms with Crippen molar-refractivity contribution in [2.24, 2.45) is 0 Å². The van der Waals surface area contributed by atoms with Crippen LogP contribution in [0.2, 0.25) is 0 Å². The summed E-state index contributed by atoms with van der Waals surface area (Å²) in [6.07, 6.45) is 2.83. The van der Waals surface area contributed by atoms with Crippen molar-refractivity contribution >= 4 is 21.4 Å². The highest BCUT2D eigenvalue weighted by molar-refractivity contribution is 7.92. The number of sulfonamides is 1. The van der Waals surface area contributed by atoms with E-state index in [0.717, 1.165) is 0 Å². The molecule has 1 aromatic carbocycles. The van der Waals surface area contributed by atoms with Gasteiger partial charge in [0.15, 0.2) is 0 Å². The van der Waals surface area contributed by atoms with E-state index in [9.17, 15) is 8.42 Å². The van der Waals surface area contributed by atoms with Gasteiger partial charge in [0.1, 0.15) is 10.6 Å². The summed E-state index contributed by atoms with van der Waals surface area (Å²) in [6, 6.07) is 8.22. The quantitative estimate of drug-likeness (QED) is 0.880. The van der Waals surface area contributed by atoms with Crippen LogP contribution in [0.15, 0.2) is 47.6 Å². The minimum Gasteiger partial charge on any atom is -0.497 e. The van der Waals surface area contributed by atoms with Crippen LogP contribution in [0, 0.1) is 0 Å². The largest absolute Gasteiger partial charge is 0.497 e. The molecule has 2 N–H and O–H groups in total. The number of pyridine rings is 1. The zero-order valence-corrected chi connectivity index (χ0v) is 11.9. The molecule has 20 heavy (non-hydrogen) atoms. The lowest BCUT2D eigenvalue weighted by atomic mass is 10.3. The summed E-state index contributed by atoms with van der Waals surface area (Å²) in [6.45, 7) is 0. The lowest BCUT2D eigenvalue weighted by Gasteiger charge is -2.11. The second-order valence-corrected chi connectivity index (χ2v) is 5.61. The summed E-state index contributed by atoms with van der Waals surface area (Å²) < 4.78 is 32.1. The molecule has 0 atom stereocenters. The fraction of sp³-hybridized carbons (Fsp3) is 0.154. The van der Waals surface area contributed by atoms with Gasteiger partial charge in [-0.1, -0.05) is 0 Å². The zero-order chi connectivity index (χ0) is 14.6. The van der Waals surface area contributed by atoms with Gasteiger partial charge >= 0.3 is 0 Å². The lowest BCUT2D eigenvalue weighted by molar-refractivity contribution is 0.415. The number of nitrogens with zero attached hydrogens (tertiary/aromatic N) is 1. The molecule has 0 spiro atoms. The molecule has 7 heteroatoms. The standard InChI is InChI=1S/C13H15N3O3S/c1-14-12-7-8-15-9-13(12)20(17,18)16-10-3-5-11(19-2)6-4-10/h3-9,16H,1-2H3,(H,14,15). The first-order valence-corrected chi connectivity index (χ1v) is 7.34. The summed E-state index contributed by atoms with van der Waals surface area (Å²) in [4.78, 5) is 3.95. The van der Waals surface area contributed by atoms with Gasteiger partial charge in [0.05, 0.1) is 12.8 Å². The lowest BCUT2D eigenvalue weighted by Crippen LogP contribution is -2.15. The van der Waals surface area contributed by atoms with Crippen LogP contribution in [0.1, 0.15) is 0 Å². The first-order chi connectivity index (χ1) is 9.56. The molecule has 0 radical (unpaired) electrons. The normalized spacial score (nSPS) is 10.9. The number of ether oxygens (including phenoxy) is 1. The predicted molar refractivity (Wildman–Crippen MR) is 77.6 cm³/mol. The molecular formula is C13H15N3O3S. The number of benzene rings is 1. The van der Waals surface area contributed by atoms with E-state index in [1.807, 2.05) is 0 Å². The van der Waals surface area contributed by atoms with Crippen LogP contribution in [0.3, 0.4) is 0 Å². The van der Waals surface area contributed by atoms with E-state index in [-0.39, 0.29) is 4.90 Å². The highest BCUT2D eigenvalue weighted by Gasteiger charge is 2.18. The van der Waals surface area contributed by atoms with Crippen molar-refractivity contribution in [3.05, 3.63) is 42.7 Å². The van der Waals surface area contributed by atoms with Gasteiger partial charge < -0.3 is 10.1 Å². The maximum absolute atomic E-state index is 12.3. The molecule has 0 saturated heterocycles. The summed E-state index contributed by atoms with van der Waals surface area (Å²) in [5.41, 5.74) is 0.942. The van der Waals surface area contributed by atoms with Crippen molar-refractivity contribution in [2.45, 2.75) is 4.90 Å². The maximum atomic E-state index is 12.3. The summed E-state index contributed by atoms with van der Waals surface area (Å²) >= 11 is 0. The highest BCUT2D eigenvalue weighted by atomic mass is 32.2. The van der Waals surface area contributed by atoms with Crippen molar-refractivity contribution in [3.63, 3.8) is 0 Å². The van der Waals surface area contributed by atoms with Crippen LogP contribution >= 0.6 is 0 Å². The molecule has 0 aliphatic heterocycles. The average Bonchev–Trinajstić information content (AvgIpc) is 2.47. The van der Waals surface area contributed by atoms with Crippen molar-refractivity contribution in [2.75, 3.05) is 24.2 Å². The minimum absolute atomic E-state index is 0.0957. The van der Waals surface area contributed by atoms with Gasteiger partial charge in [-0.25, -0.2) is 8.42 Å². The Morgan fingerprint density at radius 3 is 2.45 bits per heavy atom. The number of methoxy groups -OCH3 is 1. The highest BCUT2D eigenvalue weighted by Crippen LogP contribution is 2.23. The molecular weight excluding hydrogens is 278 g/mol. The number of hydrogen-bond donors (Lipinski definition) is 2. The summed E-state index contributed by atoms with van der Waals surface area (Å²) in [5.74, 6) is 0.658. The number of rotatable bonds is 5. The molecule has 0 unspecified atom stereocenters. The zero-order valence-electron chi connectivity index (χ0n) is 11.1. The molecule has 2 aromatic rings. The van der Waals surface area contributed by atoms with Gasteiger partial charge in [-0.05, 0) is 30.3 Å². The van der Waals surface area contributed by atoms with E-state index in [0.29, 0.717) is 17.1 Å². The second-order valence-electron chi connectivity index (χ2n) is 3.96. The number of aromatic nitrogens is 1. The monoisotopic (exact) mass is 293 g/mol. The van der Waals surface area contributed by atoms with Crippen LogP contribution in [-0.2, 0) is 10.0 Å². The molecule has 1 aromatic heterocycles. The van der Waals surface area contributed by atoms with Gasteiger partial charge in [0, 0.05) is 25.1 Å². The third-order valence-corrected chi connectivity index (χ3v) is 4.09. The fourth-order valence-electron chi connectivity index (χ4n) is 1.67. The van der Waals surface area contributed by atoms with E-state index in [4.69, 9.17) is 4.74 Å². The van der Waals surface area contributed by atoms with Crippen LogP contribution < -0.4 is 14.8 Å². The van der Waals surface area contributed by atoms with Gasteiger partial charge in [-0.2, -0.15) is 0 Å². The third kappa shape index (κ3) is 3.00. The fourth-order valence-corrected chi connectivity index (χ4v) is 2.89. The Morgan fingerprint density at radius 1 is 1.15 bits per heavy atom. The molecule has 0 bridgehead atoms. The molecule has 106 valence electrons. The van der Waals surface area contributed by atoms with E-state index in [1.54, 1.807) is 44.5 Å². The Hall–Kier alpha value is -2.28. The van der Waals surface area contributed by atoms with Crippen molar-refractivity contribution in [1.29, 1.82) is 0 Å². The molecule has 2 rings (SSSR count). The molecule has 0 amide bonds. The van der Waals surface area contributed by atoms with Crippen molar-refractivity contribution in [3.8, 4) is 5.75 Å².